The number of quaternary nitrogens is 1. The summed E-state index contributed by atoms with van der Waals surface area (Å²) in [5, 5.41) is 3.08. The molecule has 1 aliphatic heterocycles. The van der Waals surface area contributed by atoms with Crippen LogP contribution < -0.4 is 15.0 Å². The predicted octanol–water partition coefficient (Wildman–Crippen LogP) is 2.28. The molecule has 1 amide bonds. The molecule has 1 aliphatic rings. The van der Waals surface area contributed by atoms with Crippen molar-refractivity contribution < 1.29 is 22.8 Å². The highest BCUT2D eigenvalue weighted by molar-refractivity contribution is 7.89. The summed E-state index contributed by atoms with van der Waals surface area (Å²) in [6.45, 7) is 3.74. The average molecular weight is 481 g/mol. The molecule has 0 unspecified atom stereocenters. The average Bonchev–Trinajstić information content (AvgIpc) is 2.89. The molecule has 7 nitrogen and oxygen atoms in total. The van der Waals surface area contributed by atoms with Gasteiger partial charge in [0.25, 0.3) is 5.91 Å². The van der Waals surface area contributed by atoms with Crippen LogP contribution in [0.3, 0.4) is 0 Å². The summed E-state index contributed by atoms with van der Waals surface area (Å²) in [5.41, 5.74) is 2.77. The molecule has 2 N–H and O–H groups in total. The number of nitrogens with one attached hydrogen (secondary N) is 2. The van der Waals surface area contributed by atoms with Crippen LogP contribution >= 0.6 is 0 Å². The number of carbonyl (C=O) groups is 1. The van der Waals surface area contributed by atoms with Gasteiger partial charge in [-0.2, -0.15) is 4.31 Å². The normalized spacial score (nSPS) is 16.1. The number of amides is 1. The number of carbonyl (C=O) groups excluding carboxylic acids is 1. The second kappa shape index (κ2) is 10.4. The quantitative estimate of drug-likeness (QED) is 0.544. The third-order valence-corrected chi connectivity index (χ3v) is 8.25. The number of benzene rings is 3. The first-order chi connectivity index (χ1) is 16.4. The van der Waals surface area contributed by atoms with Crippen LogP contribution in [0.2, 0.25) is 0 Å². The largest absolute Gasteiger partial charge is 0.497 e. The van der Waals surface area contributed by atoms with Crippen molar-refractivity contribution in [2.45, 2.75) is 17.9 Å². The molecular weight excluding hydrogens is 450 g/mol. The Morgan fingerprint density at radius 1 is 0.941 bits per heavy atom. The maximum atomic E-state index is 13.1. The van der Waals surface area contributed by atoms with E-state index < -0.39 is 10.0 Å². The van der Waals surface area contributed by atoms with Gasteiger partial charge >= 0.3 is 0 Å². The molecule has 3 aromatic carbocycles. The molecule has 0 spiro atoms. The lowest BCUT2D eigenvalue weighted by atomic mass is 10.0. The van der Waals surface area contributed by atoms with Crippen molar-refractivity contribution in [2.24, 2.45) is 0 Å². The van der Waals surface area contributed by atoms with Crippen LogP contribution in [0.5, 0.6) is 5.75 Å². The highest BCUT2D eigenvalue weighted by Gasteiger charge is 2.34. The van der Waals surface area contributed by atoms with E-state index in [2.05, 4.69) is 5.32 Å². The molecule has 0 radical (unpaired) electrons. The monoisotopic (exact) mass is 480 g/mol. The summed E-state index contributed by atoms with van der Waals surface area (Å²) in [6.07, 6.45) is 0. The molecule has 0 saturated carbocycles. The van der Waals surface area contributed by atoms with Crippen LogP contribution in [0.4, 0.5) is 5.69 Å². The minimum absolute atomic E-state index is 0.0788. The Labute approximate surface area is 201 Å². The number of piperazine rings is 1. The summed E-state index contributed by atoms with van der Waals surface area (Å²) in [6, 6.07) is 23.8. The van der Waals surface area contributed by atoms with Gasteiger partial charge in [-0.3, -0.25) is 4.79 Å². The van der Waals surface area contributed by atoms with Crippen LogP contribution in [0.15, 0.2) is 83.8 Å². The lowest BCUT2D eigenvalue weighted by molar-refractivity contribution is -0.917. The Balaban J connectivity index is 1.39. The minimum atomic E-state index is -3.58. The van der Waals surface area contributed by atoms with E-state index in [1.165, 1.54) is 4.31 Å². The summed E-state index contributed by atoms with van der Waals surface area (Å²) in [5.74, 6) is 0.534. The van der Waals surface area contributed by atoms with Gasteiger partial charge in [0, 0.05) is 11.3 Å². The molecule has 0 aliphatic carbocycles. The first-order valence-electron chi connectivity index (χ1n) is 11.3. The van der Waals surface area contributed by atoms with Gasteiger partial charge in [-0.05, 0) is 42.8 Å². The predicted molar refractivity (Wildman–Crippen MR) is 132 cm³/mol. The van der Waals surface area contributed by atoms with E-state index in [1.54, 1.807) is 31.4 Å². The van der Waals surface area contributed by atoms with E-state index in [1.807, 2.05) is 61.5 Å². The summed E-state index contributed by atoms with van der Waals surface area (Å²) < 4.78 is 32.6. The van der Waals surface area contributed by atoms with Crippen molar-refractivity contribution in [1.82, 2.24) is 4.31 Å². The van der Waals surface area contributed by atoms with Crippen molar-refractivity contribution in [1.29, 1.82) is 0 Å². The smallest absolute Gasteiger partial charge is 0.282 e. The molecule has 8 heteroatoms. The summed E-state index contributed by atoms with van der Waals surface area (Å²) in [7, 11) is -2.03. The fraction of sp³-hybridized carbons (Fsp3) is 0.269. The van der Waals surface area contributed by atoms with Crippen molar-refractivity contribution in [2.75, 3.05) is 38.6 Å². The van der Waals surface area contributed by atoms with Crippen LogP contribution in [-0.2, 0) is 14.8 Å². The molecular formula is C26H30N3O4S+. The van der Waals surface area contributed by atoms with Crippen LogP contribution in [0.1, 0.15) is 6.92 Å². The van der Waals surface area contributed by atoms with Gasteiger partial charge in [0.1, 0.15) is 5.75 Å². The van der Waals surface area contributed by atoms with Gasteiger partial charge in [-0.15, -0.1) is 0 Å². The standard InChI is InChI=1S/C26H29N3O4S/c1-20(26(30)27-25-11-7-6-10-24(25)21-8-4-3-5-9-21)28-16-18-29(19-17-28)34(31,32)23-14-12-22(33-2)13-15-23/h3-15,20H,16-19H2,1-2H3,(H,27,30)/p+1/t20-/m1/s1. The second-order valence-electron chi connectivity index (χ2n) is 8.36. The first kappa shape index (κ1) is 23.9. The minimum Gasteiger partial charge on any atom is -0.497 e. The molecule has 1 fully saturated rings. The Hall–Kier alpha value is -3.20. The van der Waals surface area contributed by atoms with Gasteiger partial charge in [0.2, 0.25) is 10.0 Å². The van der Waals surface area contributed by atoms with Gasteiger partial charge in [0.05, 0.1) is 38.2 Å². The van der Waals surface area contributed by atoms with Crippen molar-refractivity contribution in [3.63, 3.8) is 0 Å². The van der Waals surface area contributed by atoms with Crippen molar-refractivity contribution in [3.8, 4) is 16.9 Å². The lowest BCUT2D eigenvalue weighted by Crippen LogP contribution is -3.19. The van der Waals surface area contributed by atoms with Gasteiger partial charge in [0.15, 0.2) is 6.04 Å². The van der Waals surface area contributed by atoms with Crippen molar-refractivity contribution >= 4 is 21.6 Å². The van der Waals surface area contributed by atoms with Gasteiger partial charge in [-0.1, -0.05) is 48.5 Å². The zero-order chi connectivity index (χ0) is 24.1. The third kappa shape index (κ3) is 5.14. The molecule has 1 heterocycles. The molecule has 0 aromatic heterocycles. The molecule has 1 saturated heterocycles. The molecule has 4 rings (SSSR count). The van der Waals surface area contributed by atoms with E-state index in [0.717, 1.165) is 21.7 Å². The zero-order valence-electron chi connectivity index (χ0n) is 19.4. The Kier molecular flexibility index (Phi) is 7.31. The Bertz CT molecular complexity index is 1220. The number of hydrogen-bond acceptors (Lipinski definition) is 4. The highest BCUT2D eigenvalue weighted by Crippen LogP contribution is 2.27. The number of rotatable bonds is 7. The van der Waals surface area contributed by atoms with E-state index in [4.69, 9.17) is 4.74 Å². The number of nitrogens with zero attached hydrogens (tertiary/aromatic N) is 1. The lowest BCUT2D eigenvalue weighted by Gasteiger charge is -2.34. The number of para-hydroxylation sites is 1. The Morgan fingerprint density at radius 3 is 2.21 bits per heavy atom. The van der Waals surface area contributed by atoms with Crippen LogP contribution in [-0.4, -0.2) is 58.0 Å². The van der Waals surface area contributed by atoms with E-state index in [-0.39, 0.29) is 16.8 Å². The zero-order valence-corrected chi connectivity index (χ0v) is 20.2. The first-order valence-corrected chi connectivity index (χ1v) is 12.8. The molecule has 0 bridgehead atoms. The van der Waals surface area contributed by atoms with Crippen LogP contribution in [0, 0.1) is 0 Å². The van der Waals surface area contributed by atoms with Gasteiger partial charge in [-0.25, -0.2) is 8.42 Å². The van der Waals surface area contributed by atoms with E-state index >= 15 is 0 Å². The number of methoxy groups -OCH3 is 1. The number of hydrogen-bond donors (Lipinski definition) is 2. The summed E-state index contributed by atoms with van der Waals surface area (Å²) >= 11 is 0. The molecule has 178 valence electrons. The summed E-state index contributed by atoms with van der Waals surface area (Å²) in [4.78, 5) is 14.4. The van der Waals surface area contributed by atoms with Crippen LogP contribution in [0.25, 0.3) is 11.1 Å². The van der Waals surface area contributed by atoms with Gasteiger partial charge < -0.3 is 15.0 Å². The maximum absolute atomic E-state index is 13.1. The number of ether oxygens (including phenoxy) is 1. The Morgan fingerprint density at radius 2 is 1.56 bits per heavy atom. The van der Waals surface area contributed by atoms with E-state index in [9.17, 15) is 13.2 Å². The second-order valence-corrected chi connectivity index (χ2v) is 10.3. The molecule has 3 aromatic rings. The number of sulfonamides is 1. The third-order valence-electron chi connectivity index (χ3n) is 6.34. The van der Waals surface area contributed by atoms with Crippen molar-refractivity contribution in [3.05, 3.63) is 78.9 Å². The highest BCUT2D eigenvalue weighted by atomic mass is 32.2. The number of anilines is 1. The molecule has 1 atom stereocenters. The fourth-order valence-electron chi connectivity index (χ4n) is 4.23. The fourth-order valence-corrected chi connectivity index (χ4v) is 5.67. The van der Waals surface area contributed by atoms with E-state index in [0.29, 0.717) is 31.9 Å². The SMILES string of the molecule is COc1ccc(S(=O)(=O)N2CC[NH+]([C@H](C)C(=O)Nc3ccccc3-c3ccccc3)CC2)cc1. The maximum Gasteiger partial charge on any atom is 0.282 e. The molecule has 34 heavy (non-hydrogen) atoms. The topological polar surface area (TPSA) is 80.2 Å².